The third-order valence-electron chi connectivity index (χ3n) is 5.24. The van der Waals surface area contributed by atoms with E-state index in [1.54, 1.807) is 14.2 Å². The van der Waals surface area contributed by atoms with Crippen molar-refractivity contribution in [3.8, 4) is 11.5 Å². The summed E-state index contributed by atoms with van der Waals surface area (Å²) in [6.45, 7) is 12.7. The van der Waals surface area contributed by atoms with E-state index in [0.29, 0.717) is 0 Å². The predicted octanol–water partition coefficient (Wildman–Crippen LogP) is 3.88. The molecular formula is C20H31N2O2S+. The molecule has 0 amide bonds. The highest BCUT2D eigenvalue weighted by Gasteiger charge is 2.36. The van der Waals surface area contributed by atoms with E-state index in [-0.39, 0.29) is 10.2 Å². The number of aromatic nitrogens is 2. The van der Waals surface area contributed by atoms with Crippen molar-refractivity contribution in [3.05, 3.63) is 42.0 Å². The summed E-state index contributed by atoms with van der Waals surface area (Å²) in [6, 6.07) is 5.99. The van der Waals surface area contributed by atoms with E-state index in [0.717, 1.165) is 30.2 Å². The number of methoxy groups -OCH3 is 2. The number of hydrogen-bond acceptors (Lipinski definition) is 3. The topological polar surface area (TPSA) is 27.3 Å². The van der Waals surface area contributed by atoms with Crippen molar-refractivity contribution in [3.63, 3.8) is 0 Å². The summed E-state index contributed by atoms with van der Waals surface area (Å²) in [4.78, 5) is 0. The molecule has 0 bridgehead atoms. The van der Waals surface area contributed by atoms with Crippen molar-refractivity contribution in [2.75, 3.05) is 14.2 Å². The Balaban J connectivity index is 2.25. The molecule has 5 heteroatoms. The SMILES string of the molecule is COc1cc(C[n+]2ccn(CC(C)(C)C(C)(C)S)c2C)cc(OC)c1. The highest BCUT2D eigenvalue weighted by atomic mass is 32.1. The van der Waals surface area contributed by atoms with E-state index in [1.165, 1.54) is 5.82 Å². The first kappa shape index (κ1) is 19.7. The molecule has 0 unspecified atom stereocenters. The molecule has 138 valence electrons. The van der Waals surface area contributed by atoms with Gasteiger partial charge in [-0.15, -0.1) is 0 Å². The zero-order valence-electron chi connectivity index (χ0n) is 16.5. The Morgan fingerprint density at radius 3 is 2.08 bits per heavy atom. The van der Waals surface area contributed by atoms with E-state index in [2.05, 4.69) is 56.1 Å². The van der Waals surface area contributed by atoms with Crippen molar-refractivity contribution >= 4 is 12.6 Å². The number of benzene rings is 1. The molecule has 2 aromatic rings. The van der Waals surface area contributed by atoms with Crippen LogP contribution < -0.4 is 14.0 Å². The quantitative estimate of drug-likeness (QED) is 0.597. The molecule has 0 aliphatic rings. The lowest BCUT2D eigenvalue weighted by Crippen LogP contribution is -2.40. The summed E-state index contributed by atoms with van der Waals surface area (Å²) in [5, 5.41) is 0. The second kappa shape index (κ2) is 7.32. The molecule has 0 spiro atoms. The Hall–Kier alpha value is -1.62. The van der Waals surface area contributed by atoms with Crippen molar-refractivity contribution in [1.29, 1.82) is 0 Å². The van der Waals surface area contributed by atoms with Gasteiger partial charge in [0.2, 0.25) is 0 Å². The largest absolute Gasteiger partial charge is 0.497 e. The van der Waals surface area contributed by atoms with Gasteiger partial charge in [0.1, 0.15) is 30.4 Å². The maximum absolute atomic E-state index is 5.37. The highest BCUT2D eigenvalue weighted by molar-refractivity contribution is 7.81. The summed E-state index contributed by atoms with van der Waals surface area (Å²) < 4.78 is 15.2. The molecular weight excluding hydrogens is 332 g/mol. The standard InChI is InChI=1S/C20H30N2O2S/c1-15-21(8-9-22(15)14-19(2,3)20(4,5)25)13-16-10-17(23-6)12-18(11-16)24-7/h8-12H,13-14H2,1-7H3/p+1. The summed E-state index contributed by atoms with van der Waals surface area (Å²) in [6.07, 6.45) is 4.27. The zero-order chi connectivity index (χ0) is 18.8. The van der Waals surface area contributed by atoms with Gasteiger partial charge < -0.3 is 9.47 Å². The molecule has 0 aliphatic carbocycles. The van der Waals surface area contributed by atoms with E-state index >= 15 is 0 Å². The number of imidazole rings is 1. The van der Waals surface area contributed by atoms with Crippen LogP contribution >= 0.6 is 12.6 Å². The van der Waals surface area contributed by atoms with Gasteiger partial charge in [-0.2, -0.15) is 12.6 Å². The van der Waals surface area contributed by atoms with Crippen molar-refractivity contribution < 1.29 is 14.0 Å². The molecule has 0 N–H and O–H groups in total. The van der Waals surface area contributed by atoms with Gasteiger partial charge in [0, 0.05) is 28.7 Å². The molecule has 0 aliphatic heterocycles. The maximum atomic E-state index is 5.37. The smallest absolute Gasteiger partial charge is 0.253 e. The maximum Gasteiger partial charge on any atom is 0.253 e. The van der Waals surface area contributed by atoms with Gasteiger partial charge in [-0.3, -0.25) is 0 Å². The first-order chi connectivity index (χ1) is 11.6. The second-order valence-corrected chi connectivity index (χ2v) is 8.88. The fourth-order valence-corrected chi connectivity index (χ4v) is 2.72. The van der Waals surface area contributed by atoms with Gasteiger partial charge in [0.05, 0.1) is 20.8 Å². The predicted molar refractivity (Wildman–Crippen MR) is 105 cm³/mol. The van der Waals surface area contributed by atoms with Crippen LogP contribution in [0.3, 0.4) is 0 Å². The van der Waals surface area contributed by atoms with Gasteiger partial charge >= 0.3 is 0 Å². The minimum absolute atomic E-state index is 0.0608. The Morgan fingerprint density at radius 2 is 1.60 bits per heavy atom. The van der Waals surface area contributed by atoms with E-state index < -0.39 is 0 Å². The third-order valence-corrected chi connectivity index (χ3v) is 5.85. The molecule has 0 fully saturated rings. The molecule has 0 atom stereocenters. The Kier molecular flexibility index (Phi) is 5.77. The van der Waals surface area contributed by atoms with Gasteiger partial charge in [0.25, 0.3) is 5.82 Å². The lowest BCUT2D eigenvalue weighted by molar-refractivity contribution is -0.694. The first-order valence-electron chi connectivity index (χ1n) is 8.57. The summed E-state index contributed by atoms with van der Waals surface area (Å²) in [5.41, 5.74) is 1.22. The fraction of sp³-hybridized carbons (Fsp3) is 0.550. The van der Waals surface area contributed by atoms with Crippen molar-refractivity contribution in [2.24, 2.45) is 5.41 Å². The fourth-order valence-electron chi connectivity index (χ4n) is 2.65. The van der Waals surface area contributed by atoms with Crippen LogP contribution in [0, 0.1) is 12.3 Å². The Morgan fingerprint density at radius 1 is 1.04 bits per heavy atom. The molecule has 2 rings (SSSR count). The molecule has 4 nitrogen and oxygen atoms in total. The minimum atomic E-state index is -0.0608. The van der Waals surface area contributed by atoms with E-state index in [4.69, 9.17) is 22.1 Å². The summed E-state index contributed by atoms with van der Waals surface area (Å²) in [7, 11) is 3.35. The van der Waals surface area contributed by atoms with Crippen LogP contribution in [0.5, 0.6) is 11.5 Å². The van der Waals surface area contributed by atoms with Gasteiger partial charge in [-0.1, -0.05) is 27.7 Å². The molecule has 1 heterocycles. The van der Waals surface area contributed by atoms with Gasteiger partial charge in [-0.05, 0) is 12.1 Å². The van der Waals surface area contributed by atoms with E-state index in [9.17, 15) is 0 Å². The summed E-state index contributed by atoms with van der Waals surface area (Å²) >= 11 is 4.78. The number of ether oxygens (including phenoxy) is 2. The second-order valence-electron chi connectivity index (χ2n) is 7.76. The van der Waals surface area contributed by atoms with Crippen LogP contribution in [-0.4, -0.2) is 23.5 Å². The van der Waals surface area contributed by atoms with Gasteiger partial charge in [0.15, 0.2) is 0 Å². The average Bonchev–Trinajstić information content (AvgIpc) is 2.86. The van der Waals surface area contributed by atoms with E-state index in [1.807, 2.05) is 18.2 Å². The van der Waals surface area contributed by atoms with Crippen LogP contribution in [0.25, 0.3) is 0 Å². The summed E-state index contributed by atoms with van der Waals surface area (Å²) in [5.74, 6) is 2.84. The van der Waals surface area contributed by atoms with Crippen LogP contribution in [0.15, 0.2) is 30.6 Å². The molecule has 1 aromatic heterocycles. The van der Waals surface area contributed by atoms with Crippen LogP contribution in [-0.2, 0) is 13.1 Å². The minimum Gasteiger partial charge on any atom is -0.497 e. The van der Waals surface area contributed by atoms with Gasteiger partial charge in [-0.25, -0.2) is 9.13 Å². The van der Waals surface area contributed by atoms with Crippen LogP contribution in [0.4, 0.5) is 0 Å². The molecule has 0 saturated heterocycles. The highest BCUT2D eigenvalue weighted by Crippen LogP contribution is 2.37. The third kappa shape index (κ3) is 4.51. The number of rotatable bonds is 7. The normalized spacial score (nSPS) is 12.3. The van der Waals surface area contributed by atoms with Crippen molar-refractivity contribution in [2.45, 2.75) is 52.5 Å². The lowest BCUT2D eigenvalue weighted by atomic mass is 9.80. The van der Waals surface area contributed by atoms with Crippen molar-refractivity contribution in [1.82, 2.24) is 4.57 Å². The Bertz CT molecular complexity index is 708. The molecule has 0 radical (unpaired) electrons. The van der Waals surface area contributed by atoms with Crippen LogP contribution in [0.1, 0.15) is 39.1 Å². The first-order valence-corrected chi connectivity index (χ1v) is 9.01. The Labute approximate surface area is 157 Å². The number of hydrogen-bond donors (Lipinski definition) is 1. The molecule has 0 saturated carbocycles. The molecule has 1 aromatic carbocycles. The molecule has 25 heavy (non-hydrogen) atoms. The number of thiol groups is 1. The average molecular weight is 364 g/mol. The van der Waals surface area contributed by atoms with Crippen LogP contribution in [0.2, 0.25) is 0 Å². The zero-order valence-corrected chi connectivity index (χ0v) is 17.4. The monoisotopic (exact) mass is 363 g/mol. The number of nitrogens with zero attached hydrogens (tertiary/aromatic N) is 2. The lowest BCUT2D eigenvalue weighted by Gasteiger charge is -2.36.